The molecule has 8 heteroatoms. The SMILES string of the molecule is Cc1cc(C(=O)CN2CCC(C(=O)Nc3ccccc3O)CC2)c(C)n1-c1ccc2c(c1)OCO2. The molecule has 3 heterocycles. The molecule has 1 fully saturated rings. The number of para-hydroxylation sites is 2. The van der Waals surface area contributed by atoms with Crippen molar-refractivity contribution in [1.82, 2.24) is 9.47 Å². The van der Waals surface area contributed by atoms with Gasteiger partial charge in [-0.3, -0.25) is 14.5 Å². The van der Waals surface area contributed by atoms with Crippen LogP contribution in [0.3, 0.4) is 0 Å². The third-order valence-electron chi connectivity index (χ3n) is 6.83. The third-order valence-corrected chi connectivity index (χ3v) is 6.83. The van der Waals surface area contributed by atoms with Gasteiger partial charge in [-0.15, -0.1) is 0 Å². The zero-order valence-electron chi connectivity index (χ0n) is 19.9. The minimum absolute atomic E-state index is 0.0576. The van der Waals surface area contributed by atoms with Gasteiger partial charge in [0.25, 0.3) is 0 Å². The first-order valence-electron chi connectivity index (χ1n) is 11.8. The molecule has 5 rings (SSSR count). The molecule has 0 aliphatic carbocycles. The summed E-state index contributed by atoms with van der Waals surface area (Å²) in [7, 11) is 0. The van der Waals surface area contributed by atoms with Gasteiger partial charge in [0, 0.05) is 34.6 Å². The van der Waals surface area contributed by atoms with E-state index in [-0.39, 0.29) is 30.2 Å². The lowest BCUT2D eigenvalue weighted by molar-refractivity contribution is -0.121. The lowest BCUT2D eigenvalue weighted by Crippen LogP contribution is -2.40. The molecule has 0 atom stereocenters. The standard InChI is InChI=1S/C27H29N3O5/c1-17-13-21(18(2)30(17)20-7-8-25-26(14-20)35-16-34-25)24(32)15-29-11-9-19(10-12-29)27(33)28-22-5-3-4-6-23(22)31/h3-8,13-14,19,31H,9-12,15-16H2,1-2H3,(H,28,33). The number of carbonyl (C=O) groups is 2. The molecule has 0 bridgehead atoms. The molecular weight excluding hydrogens is 446 g/mol. The number of anilines is 1. The van der Waals surface area contributed by atoms with Crippen LogP contribution in [0.25, 0.3) is 5.69 Å². The highest BCUT2D eigenvalue weighted by molar-refractivity contribution is 5.99. The van der Waals surface area contributed by atoms with E-state index < -0.39 is 0 Å². The second kappa shape index (κ2) is 9.46. The molecule has 8 nitrogen and oxygen atoms in total. The van der Waals surface area contributed by atoms with Crippen molar-refractivity contribution < 1.29 is 24.2 Å². The molecule has 1 amide bonds. The molecule has 1 saturated heterocycles. The Balaban J connectivity index is 1.21. The van der Waals surface area contributed by atoms with Crippen molar-refractivity contribution >= 4 is 17.4 Å². The maximum Gasteiger partial charge on any atom is 0.231 e. The zero-order chi connectivity index (χ0) is 24.5. The molecule has 2 N–H and O–H groups in total. The Hall–Kier alpha value is -3.78. The minimum Gasteiger partial charge on any atom is -0.506 e. The Morgan fingerprint density at radius 1 is 1.03 bits per heavy atom. The van der Waals surface area contributed by atoms with Crippen LogP contribution in [-0.4, -0.2) is 52.7 Å². The summed E-state index contributed by atoms with van der Waals surface area (Å²) in [5, 5.41) is 12.7. The first-order chi connectivity index (χ1) is 16.9. The van der Waals surface area contributed by atoms with Crippen molar-refractivity contribution in [3.8, 4) is 22.9 Å². The van der Waals surface area contributed by atoms with Crippen LogP contribution in [0.5, 0.6) is 17.2 Å². The number of ketones is 1. The number of benzene rings is 2. The number of rotatable bonds is 6. The van der Waals surface area contributed by atoms with Crippen molar-refractivity contribution in [1.29, 1.82) is 0 Å². The van der Waals surface area contributed by atoms with Gasteiger partial charge in [-0.1, -0.05) is 12.1 Å². The lowest BCUT2D eigenvalue weighted by Gasteiger charge is -2.30. The van der Waals surface area contributed by atoms with Crippen LogP contribution in [0, 0.1) is 19.8 Å². The number of fused-ring (bicyclic) bond motifs is 1. The number of hydrogen-bond donors (Lipinski definition) is 2. The monoisotopic (exact) mass is 475 g/mol. The van der Waals surface area contributed by atoms with Crippen molar-refractivity contribution in [3.63, 3.8) is 0 Å². The van der Waals surface area contributed by atoms with Gasteiger partial charge in [0.2, 0.25) is 12.7 Å². The molecule has 2 aliphatic rings. The normalized spacial score (nSPS) is 15.8. The molecule has 2 aliphatic heterocycles. The molecule has 182 valence electrons. The number of likely N-dealkylation sites (tertiary alicyclic amines) is 1. The maximum atomic E-state index is 13.2. The highest BCUT2D eigenvalue weighted by Gasteiger charge is 2.27. The number of nitrogens with one attached hydrogen (secondary N) is 1. The number of aromatic hydroxyl groups is 1. The van der Waals surface area contributed by atoms with Crippen molar-refractivity contribution in [3.05, 3.63) is 65.5 Å². The number of hydrogen-bond acceptors (Lipinski definition) is 6. The highest BCUT2D eigenvalue weighted by atomic mass is 16.7. The number of Topliss-reactive ketones (excluding diaryl/α,β-unsaturated/α-hetero) is 1. The Morgan fingerprint density at radius 2 is 1.77 bits per heavy atom. The number of ether oxygens (including phenoxy) is 2. The number of carbonyl (C=O) groups excluding carboxylic acids is 2. The molecule has 3 aromatic rings. The molecule has 0 radical (unpaired) electrons. The summed E-state index contributed by atoms with van der Waals surface area (Å²) in [6, 6.07) is 14.4. The summed E-state index contributed by atoms with van der Waals surface area (Å²) in [6.45, 7) is 5.83. The molecule has 0 unspecified atom stereocenters. The Bertz CT molecular complexity index is 1270. The summed E-state index contributed by atoms with van der Waals surface area (Å²) in [6.07, 6.45) is 1.34. The first-order valence-corrected chi connectivity index (χ1v) is 11.8. The van der Waals surface area contributed by atoms with Crippen LogP contribution < -0.4 is 14.8 Å². The van der Waals surface area contributed by atoms with Crippen LogP contribution in [0.15, 0.2) is 48.5 Å². The number of piperidine rings is 1. The number of aryl methyl sites for hydroxylation is 1. The second-order valence-corrected chi connectivity index (χ2v) is 9.14. The van der Waals surface area contributed by atoms with Gasteiger partial charge in [0.1, 0.15) is 5.75 Å². The molecule has 0 saturated carbocycles. The number of nitrogens with zero attached hydrogens (tertiary/aromatic N) is 2. The van der Waals surface area contributed by atoms with E-state index in [4.69, 9.17) is 9.47 Å². The largest absolute Gasteiger partial charge is 0.506 e. The smallest absolute Gasteiger partial charge is 0.231 e. The summed E-state index contributed by atoms with van der Waals surface area (Å²) in [4.78, 5) is 27.9. The fourth-order valence-electron chi connectivity index (χ4n) is 4.92. The average molecular weight is 476 g/mol. The fourth-order valence-corrected chi connectivity index (χ4v) is 4.92. The third kappa shape index (κ3) is 4.61. The van der Waals surface area contributed by atoms with Gasteiger partial charge < -0.3 is 24.5 Å². The van der Waals surface area contributed by atoms with Gasteiger partial charge in [-0.2, -0.15) is 0 Å². The summed E-state index contributed by atoms with van der Waals surface area (Å²) < 4.78 is 13.0. The van der Waals surface area contributed by atoms with Crippen molar-refractivity contribution in [2.24, 2.45) is 5.92 Å². The van der Waals surface area contributed by atoms with Gasteiger partial charge in [0.05, 0.1) is 12.2 Å². The predicted octanol–water partition coefficient (Wildman–Crippen LogP) is 4.06. The topological polar surface area (TPSA) is 93.0 Å². The van der Waals surface area contributed by atoms with Gasteiger partial charge in [-0.05, 0) is 70.1 Å². The number of phenols is 1. The average Bonchev–Trinajstić information content (AvgIpc) is 3.44. The molecule has 0 spiro atoms. The van der Waals surface area contributed by atoms with E-state index >= 15 is 0 Å². The van der Waals surface area contributed by atoms with Crippen LogP contribution >= 0.6 is 0 Å². The van der Waals surface area contributed by atoms with Crippen LogP contribution in [0.1, 0.15) is 34.6 Å². The van der Waals surface area contributed by atoms with Gasteiger partial charge in [-0.25, -0.2) is 0 Å². The van der Waals surface area contributed by atoms with E-state index in [0.29, 0.717) is 49.5 Å². The first kappa shape index (κ1) is 23.0. The lowest BCUT2D eigenvalue weighted by atomic mass is 9.95. The second-order valence-electron chi connectivity index (χ2n) is 9.14. The minimum atomic E-state index is -0.142. The van der Waals surface area contributed by atoms with Crippen LogP contribution in [-0.2, 0) is 4.79 Å². The number of amides is 1. The molecule has 35 heavy (non-hydrogen) atoms. The maximum absolute atomic E-state index is 13.2. The quantitative estimate of drug-likeness (QED) is 0.413. The predicted molar refractivity (Wildman–Crippen MR) is 132 cm³/mol. The van der Waals surface area contributed by atoms with Crippen LogP contribution in [0.2, 0.25) is 0 Å². The zero-order valence-corrected chi connectivity index (χ0v) is 19.9. The molecule has 1 aromatic heterocycles. The van der Waals surface area contributed by atoms with Gasteiger partial charge in [0.15, 0.2) is 17.3 Å². The molecule has 2 aromatic carbocycles. The van der Waals surface area contributed by atoms with E-state index in [2.05, 4.69) is 14.8 Å². The van der Waals surface area contributed by atoms with E-state index in [1.54, 1.807) is 24.3 Å². The van der Waals surface area contributed by atoms with E-state index in [9.17, 15) is 14.7 Å². The highest BCUT2D eigenvalue weighted by Crippen LogP contribution is 2.35. The Kier molecular flexibility index (Phi) is 6.21. The van der Waals surface area contributed by atoms with Crippen molar-refractivity contribution in [2.45, 2.75) is 26.7 Å². The van der Waals surface area contributed by atoms with Gasteiger partial charge >= 0.3 is 0 Å². The van der Waals surface area contributed by atoms with E-state index in [1.165, 1.54) is 0 Å². The number of aromatic nitrogens is 1. The Morgan fingerprint density at radius 3 is 2.54 bits per heavy atom. The van der Waals surface area contributed by atoms with Crippen LogP contribution in [0.4, 0.5) is 5.69 Å². The molecular formula is C27H29N3O5. The van der Waals surface area contributed by atoms with Crippen molar-refractivity contribution in [2.75, 3.05) is 31.7 Å². The van der Waals surface area contributed by atoms with E-state index in [0.717, 1.165) is 22.8 Å². The Labute approximate surface area is 204 Å². The summed E-state index contributed by atoms with van der Waals surface area (Å²) >= 11 is 0. The summed E-state index contributed by atoms with van der Waals surface area (Å²) in [5.41, 5.74) is 3.93. The fraction of sp³-hybridized carbons (Fsp3) is 0.333. The summed E-state index contributed by atoms with van der Waals surface area (Å²) in [5.74, 6) is 1.33. The van der Waals surface area contributed by atoms with E-state index in [1.807, 2.05) is 38.1 Å². The number of phenolic OH excluding ortho intramolecular Hbond substituents is 1.